The summed E-state index contributed by atoms with van der Waals surface area (Å²) in [6.07, 6.45) is 3.24. The fourth-order valence-corrected chi connectivity index (χ4v) is 4.71. The second-order valence-electron chi connectivity index (χ2n) is 8.29. The van der Waals surface area contributed by atoms with E-state index in [1.807, 2.05) is 32.0 Å². The van der Waals surface area contributed by atoms with Gasteiger partial charge in [0, 0.05) is 34.7 Å². The van der Waals surface area contributed by atoms with Crippen LogP contribution in [0.3, 0.4) is 0 Å². The van der Waals surface area contributed by atoms with Gasteiger partial charge in [0.25, 0.3) is 0 Å². The van der Waals surface area contributed by atoms with Gasteiger partial charge >= 0.3 is 0 Å². The largest absolute Gasteiger partial charge is 0.393 e. The van der Waals surface area contributed by atoms with E-state index in [1.54, 1.807) is 12.1 Å². The number of aliphatic hydroxyl groups is 1. The number of aliphatic hydroxyl groups excluding tert-OH is 1. The number of rotatable bonds is 6. The van der Waals surface area contributed by atoms with Gasteiger partial charge in [-0.25, -0.2) is 0 Å². The number of piperidine rings is 1. The molecular weight excluding hydrogens is 362 g/mol. The van der Waals surface area contributed by atoms with Crippen LogP contribution in [0.15, 0.2) is 30.3 Å². The Labute approximate surface area is 173 Å². The first-order chi connectivity index (χ1) is 13.8. The van der Waals surface area contributed by atoms with E-state index < -0.39 is 0 Å². The summed E-state index contributed by atoms with van der Waals surface area (Å²) in [5, 5.41) is 19.2. The number of Topliss-reactive ketones (excluding diaryl/α,β-unsaturated/α-hetero) is 1. The van der Waals surface area contributed by atoms with Crippen LogP contribution < -0.4 is 0 Å². The maximum Gasteiger partial charge on any atom is 0.178 e. The quantitative estimate of drug-likeness (QED) is 0.748. The molecule has 1 saturated heterocycles. The SMILES string of the molecule is CCC[C@@H]1C[C@H](O)CC(C)N1CC(=O)c1cc(C)n(-c2ccc(C#N)cc2)c1C. The van der Waals surface area contributed by atoms with Gasteiger partial charge in [0.15, 0.2) is 5.78 Å². The average Bonchev–Trinajstić information content (AvgIpc) is 2.99. The summed E-state index contributed by atoms with van der Waals surface area (Å²) in [7, 11) is 0. The molecule has 0 spiro atoms. The molecular formula is C24H31N3O2. The van der Waals surface area contributed by atoms with Gasteiger partial charge in [-0.3, -0.25) is 9.69 Å². The van der Waals surface area contributed by atoms with E-state index in [0.29, 0.717) is 12.1 Å². The maximum atomic E-state index is 13.2. The summed E-state index contributed by atoms with van der Waals surface area (Å²) in [6, 6.07) is 12.0. The first kappa shape index (κ1) is 21.3. The Morgan fingerprint density at radius 2 is 1.93 bits per heavy atom. The third-order valence-electron chi connectivity index (χ3n) is 6.13. The lowest BCUT2D eigenvalue weighted by molar-refractivity contribution is 0.00553. The van der Waals surface area contributed by atoms with E-state index in [0.717, 1.165) is 48.3 Å². The summed E-state index contributed by atoms with van der Waals surface area (Å²) < 4.78 is 2.07. The van der Waals surface area contributed by atoms with Gasteiger partial charge in [-0.05, 0) is 70.4 Å². The van der Waals surface area contributed by atoms with Gasteiger partial charge in [0.1, 0.15) is 0 Å². The number of hydrogen-bond donors (Lipinski definition) is 1. The first-order valence-electron chi connectivity index (χ1n) is 10.5. The number of nitrogens with zero attached hydrogens (tertiary/aromatic N) is 3. The van der Waals surface area contributed by atoms with Crippen molar-refractivity contribution in [1.29, 1.82) is 5.26 Å². The molecule has 1 aliphatic heterocycles. The van der Waals surface area contributed by atoms with Gasteiger partial charge in [0.05, 0.1) is 24.3 Å². The molecule has 5 heteroatoms. The zero-order valence-corrected chi connectivity index (χ0v) is 17.9. The Hall–Kier alpha value is -2.42. The molecule has 1 aromatic heterocycles. The Morgan fingerprint density at radius 3 is 2.55 bits per heavy atom. The molecule has 2 heterocycles. The van der Waals surface area contributed by atoms with Crippen molar-refractivity contribution in [2.24, 2.45) is 0 Å². The maximum absolute atomic E-state index is 13.2. The summed E-state index contributed by atoms with van der Waals surface area (Å²) in [4.78, 5) is 15.5. The number of ketones is 1. The van der Waals surface area contributed by atoms with E-state index in [9.17, 15) is 9.90 Å². The normalized spacial score (nSPS) is 22.4. The molecule has 0 amide bonds. The lowest BCUT2D eigenvalue weighted by Crippen LogP contribution is -2.51. The van der Waals surface area contributed by atoms with Crippen molar-refractivity contribution in [3.63, 3.8) is 0 Å². The number of hydrogen-bond acceptors (Lipinski definition) is 4. The number of nitriles is 1. The highest BCUT2D eigenvalue weighted by atomic mass is 16.3. The molecule has 0 bridgehead atoms. The van der Waals surface area contributed by atoms with Crippen LogP contribution in [0.1, 0.15) is 66.8 Å². The number of carbonyl (C=O) groups excluding carboxylic acids is 1. The fourth-order valence-electron chi connectivity index (χ4n) is 4.71. The van der Waals surface area contributed by atoms with Crippen LogP contribution in [0, 0.1) is 25.2 Å². The molecule has 1 aliphatic rings. The Bertz CT molecular complexity index is 907. The second-order valence-corrected chi connectivity index (χ2v) is 8.29. The van der Waals surface area contributed by atoms with Crippen molar-refractivity contribution in [3.05, 3.63) is 52.8 Å². The van der Waals surface area contributed by atoms with Crippen LogP contribution in [0.5, 0.6) is 0 Å². The Kier molecular flexibility index (Phi) is 6.56. The van der Waals surface area contributed by atoms with E-state index >= 15 is 0 Å². The van der Waals surface area contributed by atoms with Crippen LogP contribution >= 0.6 is 0 Å². The summed E-state index contributed by atoms with van der Waals surface area (Å²) in [5.74, 6) is 0.127. The molecule has 2 aromatic rings. The Balaban J connectivity index is 1.85. The molecule has 3 rings (SSSR count). The van der Waals surface area contributed by atoms with E-state index in [4.69, 9.17) is 5.26 Å². The van der Waals surface area contributed by atoms with Crippen molar-refractivity contribution in [2.75, 3.05) is 6.54 Å². The fraction of sp³-hybridized carbons (Fsp3) is 0.500. The highest BCUT2D eigenvalue weighted by molar-refractivity contribution is 5.99. The van der Waals surface area contributed by atoms with E-state index in [2.05, 4.69) is 29.4 Å². The topological polar surface area (TPSA) is 69.3 Å². The molecule has 0 radical (unpaired) electrons. The minimum Gasteiger partial charge on any atom is -0.393 e. The highest BCUT2D eigenvalue weighted by Gasteiger charge is 2.33. The van der Waals surface area contributed by atoms with Crippen molar-refractivity contribution in [1.82, 2.24) is 9.47 Å². The van der Waals surface area contributed by atoms with Crippen LogP contribution in [-0.2, 0) is 0 Å². The number of aryl methyl sites for hydroxylation is 1. The zero-order chi connectivity index (χ0) is 21.1. The number of likely N-dealkylation sites (tertiary alicyclic amines) is 1. The summed E-state index contributed by atoms with van der Waals surface area (Å²) >= 11 is 0. The molecule has 1 unspecified atom stereocenters. The third-order valence-corrected chi connectivity index (χ3v) is 6.13. The van der Waals surface area contributed by atoms with E-state index in [-0.39, 0.29) is 24.0 Å². The minimum atomic E-state index is -0.269. The molecule has 5 nitrogen and oxygen atoms in total. The molecule has 154 valence electrons. The summed E-state index contributed by atoms with van der Waals surface area (Å²) in [6.45, 7) is 8.62. The summed E-state index contributed by atoms with van der Waals surface area (Å²) in [5.41, 5.74) is 4.25. The predicted molar refractivity (Wildman–Crippen MR) is 114 cm³/mol. The monoisotopic (exact) mass is 393 g/mol. The molecule has 3 atom stereocenters. The molecule has 29 heavy (non-hydrogen) atoms. The Morgan fingerprint density at radius 1 is 1.24 bits per heavy atom. The third kappa shape index (κ3) is 4.44. The van der Waals surface area contributed by atoms with Crippen LogP contribution in [0.4, 0.5) is 0 Å². The van der Waals surface area contributed by atoms with Gasteiger partial charge in [-0.1, -0.05) is 13.3 Å². The standard InChI is InChI=1S/C24H31N3O2/c1-5-6-21-13-22(28)11-16(2)26(21)15-24(29)23-12-17(3)27(18(23)4)20-9-7-19(14-25)8-10-20/h7-10,12,16,21-22,28H,5-6,11,13,15H2,1-4H3/t16?,21-,22-/m1/s1. The first-order valence-corrected chi connectivity index (χ1v) is 10.5. The van der Waals surface area contributed by atoms with Gasteiger partial charge in [-0.15, -0.1) is 0 Å². The highest BCUT2D eigenvalue weighted by Crippen LogP contribution is 2.28. The average molecular weight is 394 g/mol. The van der Waals surface area contributed by atoms with E-state index in [1.165, 1.54) is 0 Å². The molecule has 0 aliphatic carbocycles. The zero-order valence-electron chi connectivity index (χ0n) is 17.9. The van der Waals surface area contributed by atoms with Gasteiger partial charge in [-0.2, -0.15) is 5.26 Å². The molecule has 1 fully saturated rings. The van der Waals surface area contributed by atoms with Crippen molar-refractivity contribution in [3.8, 4) is 11.8 Å². The minimum absolute atomic E-state index is 0.127. The molecule has 1 aromatic carbocycles. The van der Waals surface area contributed by atoms with Crippen LogP contribution in [0.2, 0.25) is 0 Å². The second kappa shape index (κ2) is 8.94. The predicted octanol–water partition coefficient (Wildman–Crippen LogP) is 4.16. The lowest BCUT2D eigenvalue weighted by Gasteiger charge is -2.42. The van der Waals surface area contributed by atoms with Crippen LogP contribution in [-0.4, -0.2) is 45.1 Å². The number of aromatic nitrogens is 1. The smallest absolute Gasteiger partial charge is 0.178 e. The van der Waals surface area contributed by atoms with Gasteiger partial charge in [0.2, 0.25) is 0 Å². The van der Waals surface area contributed by atoms with Crippen molar-refractivity contribution >= 4 is 5.78 Å². The van der Waals surface area contributed by atoms with Gasteiger partial charge < -0.3 is 9.67 Å². The number of benzene rings is 1. The van der Waals surface area contributed by atoms with Crippen LogP contribution in [0.25, 0.3) is 5.69 Å². The molecule has 0 saturated carbocycles. The van der Waals surface area contributed by atoms with Crippen molar-refractivity contribution in [2.45, 2.75) is 71.6 Å². The number of carbonyl (C=O) groups is 1. The van der Waals surface area contributed by atoms with Crippen molar-refractivity contribution < 1.29 is 9.90 Å². The lowest BCUT2D eigenvalue weighted by atomic mass is 9.90. The molecule has 1 N–H and O–H groups in total.